The minimum atomic E-state index is 0.368. The summed E-state index contributed by atoms with van der Waals surface area (Å²) >= 11 is 0. The van der Waals surface area contributed by atoms with Crippen LogP contribution in [0.15, 0.2) is 0 Å². The zero-order valence-corrected chi connectivity index (χ0v) is 9.12. The second kappa shape index (κ2) is 5.13. The summed E-state index contributed by atoms with van der Waals surface area (Å²) in [5.41, 5.74) is 0. The maximum absolute atomic E-state index is 9.35. The molecule has 1 atom stereocenters. The van der Waals surface area contributed by atoms with Gasteiger partial charge in [-0.05, 0) is 38.1 Å². The number of hydrogen-bond donors (Lipinski definition) is 1. The van der Waals surface area contributed by atoms with Crippen LogP contribution in [0.1, 0.15) is 44.9 Å². The lowest BCUT2D eigenvalue weighted by Crippen LogP contribution is -2.41. The van der Waals surface area contributed by atoms with Crippen molar-refractivity contribution >= 4 is 0 Å². The summed E-state index contributed by atoms with van der Waals surface area (Å²) in [6, 6.07) is 0.470. The Morgan fingerprint density at radius 2 is 1.86 bits per heavy atom. The smallest absolute Gasteiger partial charge is 0.0586 e. The van der Waals surface area contributed by atoms with Crippen molar-refractivity contribution in [1.82, 2.24) is 4.90 Å². The molecule has 82 valence electrons. The van der Waals surface area contributed by atoms with Crippen LogP contribution in [0.2, 0.25) is 0 Å². The van der Waals surface area contributed by atoms with E-state index < -0.39 is 0 Å². The summed E-state index contributed by atoms with van der Waals surface area (Å²) in [7, 11) is 0. The normalized spacial score (nSPS) is 31.1. The van der Waals surface area contributed by atoms with Crippen LogP contribution in [0.5, 0.6) is 0 Å². The molecule has 2 heteroatoms. The topological polar surface area (TPSA) is 23.5 Å². The molecule has 2 aliphatic rings. The standard InChI is InChI=1S/C12H23NO/c14-10-12-7-2-1-3-8-13(12)9-11-5-4-6-11/h11-12,14H,1-10H2. The highest BCUT2D eigenvalue weighted by Gasteiger charge is 2.25. The molecule has 2 rings (SSSR count). The van der Waals surface area contributed by atoms with Gasteiger partial charge in [-0.15, -0.1) is 0 Å². The van der Waals surface area contributed by atoms with E-state index >= 15 is 0 Å². The van der Waals surface area contributed by atoms with E-state index in [9.17, 15) is 5.11 Å². The van der Waals surface area contributed by atoms with E-state index in [1.54, 1.807) is 0 Å². The van der Waals surface area contributed by atoms with Gasteiger partial charge < -0.3 is 5.11 Å². The number of aliphatic hydroxyl groups excluding tert-OH is 1. The summed E-state index contributed by atoms with van der Waals surface area (Å²) in [4.78, 5) is 2.55. The lowest BCUT2D eigenvalue weighted by atomic mass is 9.85. The van der Waals surface area contributed by atoms with Gasteiger partial charge in [0, 0.05) is 12.6 Å². The van der Waals surface area contributed by atoms with E-state index in [0.29, 0.717) is 12.6 Å². The second-order valence-electron chi connectivity index (χ2n) is 4.98. The van der Waals surface area contributed by atoms with Crippen LogP contribution in [0.25, 0.3) is 0 Å². The number of hydrogen-bond acceptors (Lipinski definition) is 2. The molecule has 0 aromatic heterocycles. The third-order valence-electron chi connectivity index (χ3n) is 3.93. The maximum Gasteiger partial charge on any atom is 0.0586 e. The Morgan fingerprint density at radius 3 is 2.50 bits per heavy atom. The first kappa shape index (κ1) is 10.4. The molecular formula is C12H23NO. The van der Waals surface area contributed by atoms with Gasteiger partial charge in [-0.2, -0.15) is 0 Å². The lowest BCUT2D eigenvalue weighted by Gasteiger charge is -2.35. The number of nitrogens with zero attached hydrogens (tertiary/aromatic N) is 1. The van der Waals surface area contributed by atoms with Crippen molar-refractivity contribution in [2.75, 3.05) is 19.7 Å². The number of rotatable bonds is 3. The predicted molar refractivity (Wildman–Crippen MR) is 58.3 cm³/mol. The van der Waals surface area contributed by atoms with E-state index in [1.807, 2.05) is 0 Å². The molecule has 0 radical (unpaired) electrons. The summed E-state index contributed by atoms with van der Waals surface area (Å²) in [5, 5.41) is 9.35. The lowest BCUT2D eigenvalue weighted by molar-refractivity contribution is 0.0908. The van der Waals surface area contributed by atoms with Gasteiger partial charge >= 0.3 is 0 Å². The number of aliphatic hydroxyl groups is 1. The second-order valence-corrected chi connectivity index (χ2v) is 4.98. The molecule has 0 aromatic rings. The zero-order valence-electron chi connectivity index (χ0n) is 9.12. The molecule has 2 fully saturated rings. The van der Waals surface area contributed by atoms with Gasteiger partial charge in [0.15, 0.2) is 0 Å². The van der Waals surface area contributed by atoms with Crippen molar-refractivity contribution in [1.29, 1.82) is 0 Å². The monoisotopic (exact) mass is 197 g/mol. The van der Waals surface area contributed by atoms with Gasteiger partial charge in [-0.1, -0.05) is 19.3 Å². The molecule has 14 heavy (non-hydrogen) atoms. The van der Waals surface area contributed by atoms with Crippen LogP contribution in [0, 0.1) is 5.92 Å². The third-order valence-corrected chi connectivity index (χ3v) is 3.93. The molecule has 0 bridgehead atoms. The molecular weight excluding hydrogens is 174 g/mol. The molecule has 1 heterocycles. The van der Waals surface area contributed by atoms with Crippen molar-refractivity contribution in [3.05, 3.63) is 0 Å². The summed E-state index contributed by atoms with van der Waals surface area (Å²) in [5.74, 6) is 0.946. The van der Waals surface area contributed by atoms with Crippen LogP contribution in [-0.2, 0) is 0 Å². The van der Waals surface area contributed by atoms with Crippen LogP contribution in [-0.4, -0.2) is 35.7 Å². The highest BCUT2D eigenvalue weighted by atomic mass is 16.3. The largest absolute Gasteiger partial charge is 0.395 e. The molecule has 1 N–H and O–H groups in total. The van der Waals surface area contributed by atoms with Crippen molar-refractivity contribution in [2.24, 2.45) is 5.92 Å². The van der Waals surface area contributed by atoms with E-state index in [1.165, 1.54) is 58.0 Å². The van der Waals surface area contributed by atoms with E-state index in [-0.39, 0.29) is 0 Å². The summed E-state index contributed by atoms with van der Waals surface area (Å²) in [6.07, 6.45) is 9.50. The Bertz CT molecular complexity index is 168. The first-order valence-corrected chi connectivity index (χ1v) is 6.25. The Hall–Kier alpha value is -0.0800. The van der Waals surface area contributed by atoms with Gasteiger partial charge in [0.1, 0.15) is 0 Å². The summed E-state index contributed by atoms with van der Waals surface area (Å²) in [6.45, 7) is 2.85. The van der Waals surface area contributed by atoms with Gasteiger partial charge in [0.2, 0.25) is 0 Å². The fourth-order valence-corrected chi connectivity index (χ4v) is 2.69. The summed E-state index contributed by atoms with van der Waals surface area (Å²) < 4.78 is 0. The Morgan fingerprint density at radius 1 is 1.00 bits per heavy atom. The molecule has 1 aliphatic heterocycles. The molecule has 1 saturated heterocycles. The van der Waals surface area contributed by atoms with Crippen molar-refractivity contribution in [2.45, 2.75) is 51.0 Å². The molecule has 0 aromatic carbocycles. The van der Waals surface area contributed by atoms with Gasteiger partial charge in [-0.25, -0.2) is 0 Å². The molecule has 0 spiro atoms. The maximum atomic E-state index is 9.35. The third kappa shape index (κ3) is 2.48. The highest BCUT2D eigenvalue weighted by Crippen LogP contribution is 2.29. The van der Waals surface area contributed by atoms with Gasteiger partial charge in [0.25, 0.3) is 0 Å². The van der Waals surface area contributed by atoms with Crippen molar-refractivity contribution < 1.29 is 5.11 Å². The molecule has 2 nitrogen and oxygen atoms in total. The molecule has 1 unspecified atom stereocenters. The van der Waals surface area contributed by atoms with E-state index in [0.717, 1.165) is 5.92 Å². The van der Waals surface area contributed by atoms with E-state index in [2.05, 4.69) is 4.90 Å². The predicted octanol–water partition coefficient (Wildman–Crippen LogP) is 2.02. The van der Waals surface area contributed by atoms with Crippen molar-refractivity contribution in [3.63, 3.8) is 0 Å². The fourth-order valence-electron chi connectivity index (χ4n) is 2.69. The molecule has 0 amide bonds. The Labute approximate surface area is 87.3 Å². The fraction of sp³-hybridized carbons (Fsp3) is 1.00. The molecule has 1 aliphatic carbocycles. The van der Waals surface area contributed by atoms with Crippen LogP contribution >= 0.6 is 0 Å². The quantitative estimate of drug-likeness (QED) is 0.748. The zero-order chi connectivity index (χ0) is 9.80. The van der Waals surface area contributed by atoms with Gasteiger partial charge in [0.05, 0.1) is 6.61 Å². The first-order valence-electron chi connectivity index (χ1n) is 6.25. The van der Waals surface area contributed by atoms with Crippen LogP contribution < -0.4 is 0 Å². The average molecular weight is 197 g/mol. The Kier molecular flexibility index (Phi) is 3.82. The van der Waals surface area contributed by atoms with Crippen LogP contribution in [0.4, 0.5) is 0 Å². The SMILES string of the molecule is OCC1CCCCCN1CC1CCC1. The first-order chi connectivity index (χ1) is 6.90. The van der Waals surface area contributed by atoms with Gasteiger partial charge in [-0.3, -0.25) is 4.90 Å². The Balaban J connectivity index is 1.83. The minimum Gasteiger partial charge on any atom is -0.395 e. The van der Waals surface area contributed by atoms with Crippen molar-refractivity contribution in [3.8, 4) is 0 Å². The average Bonchev–Trinajstić information content (AvgIpc) is 2.35. The minimum absolute atomic E-state index is 0.368. The highest BCUT2D eigenvalue weighted by molar-refractivity contribution is 4.80. The number of likely N-dealkylation sites (tertiary alicyclic amines) is 1. The van der Waals surface area contributed by atoms with Crippen LogP contribution in [0.3, 0.4) is 0 Å². The van der Waals surface area contributed by atoms with E-state index in [4.69, 9.17) is 0 Å². The molecule has 1 saturated carbocycles.